The van der Waals surface area contributed by atoms with Gasteiger partial charge in [-0.2, -0.15) is 4.99 Å². The number of rotatable bonds is 2. The Hall–Kier alpha value is -1.59. The fourth-order valence-corrected chi connectivity index (χ4v) is 4.80. The molecule has 1 aliphatic carbocycles. The Labute approximate surface area is 151 Å². The van der Waals surface area contributed by atoms with E-state index in [1.165, 1.54) is 19.3 Å². The molecule has 3 aliphatic rings. The maximum Gasteiger partial charge on any atom is 0.223 e. The maximum atomic E-state index is 12.4. The molecule has 2 heterocycles. The molecule has 25 heavy (non-hydrogen) atoms. The molecule has 3 fully saturated rings. The van der Waals surface area contributed by atoms with Gasteiger partial charge in [-0.15, -0.1) is 0 Å². The minimum Gasteiger partial charge on any atom is -0.347 e. The van der Waals surface area contributed by atoms with E-state index in [-0.39, 0.29) is 17.6 Å². The standard InChI is InChI=1S/C19H33N5O/c1-5-14-12-15-21-16(25)13-19(10-8-7-9-11-19)24(15)17(14)22-18(20-6-2)23(3)4/h14-15H,5-13H2,1-4H3,(H,21,25). The van der Waals surface area contributed by atoms with Crippen molar-refractivity contribution in [1.29, 1.82) is 0 Å². The zero-order chi connectivity index (χ0) is 18.0. The molecule has 0 bridgehead atoms. The number of nitrogens with one attached hydrogen (secondary N) is 1. The smallest absolute Gasteiger partial charge is 0.223 e. The van der Waals surface area contributed by atoms with Crippen LogP contribution in [0.2, 0.25) is 0 Å². The second kappa shape index (κ2) is 7.34. The van der Waals surface area contributed by atoms with E-state index in [0.29, 0.717) is 12.3 Å². The molecule has 1 amide bonds. The van der Waals surface area contributed by atoms with Crippen LogP contribution in [0.15, 0.2) is 9.98 Å². The topological polar surface area (TPSA) is 60.3 Å². The average molecular weight is 348 g/mol. The minimum atomic E-state index is -0.0301. The van der Waals surface area contributed by atoms with Crippen LogP contribution in [0.3, 0.4) is 0 Å². The fraction of sp³-hybridized carbons (Fsp3) is 0.842. The molecule has 0 radical (unpaired) electrons. The molecule has 1 N–H and O–H groups in total. The van der Waals surface area contributed by atoms with Gasteiger partial charge < -0.3 is 15.1 Å². The Balaban J connectivity index is 2.02. The molecule has 0 aromatic carbocycles. The number of guanidine groups is 1. The summed E-state index contributed by atoms with van der Waals surface area (Å²) in [7, 11) is 4.00. The first-order valence-corrected chi connectivity index (χ1v) is 9.90. The summed E-state index contributed by atoms with van der Waals surface area (Å²) in [5, 5.41) is 3.23. The predicted molar refractivity (Wildman–Crippen MR) is 102 cm³/mol. The second-order valence-electron chi connectivity index (χ2n) is 7.89. The van der Waals surface area contributed by atoms with Crippen LogP contribution < -0.4 is 5.32 Å². The molecule has 0 aromatic rings. The lowest BCUT2D eigenvalue weighted by molar-refractivity contribution is -0.131. The molecule has 1 saturated carbocycles. The average Bonchev–Trinajstić information content (AvgIpc) is 2.93. The van der Waals surface area contributed by atoms with Gasteiger partial charge in [0.2, 0.25) is 11.9 Å². The Morgan fingerprint density at radius 2 is 2.00 bits per heavy atom. The fourth-order valence-electron chi connectivity index (χ4n) is 4.80. The highest BCUT2D eigenvalue weighted by Gasteiger charge is 2.53. The molecule has 0 aromatic heterocycles. The quantitative estimate of drug-likeness (QED) is 0.617. The number of hydrogen-bond donors (Lipinski definition) is 1. The van der Waals surface area contributed by atoms with Crippen molar-refractivity contribution in [3.63, 3.8) is 0 Å². The van der Waals surface area contributed by atoms with E-state index in [9.17, 15) is 4.79 Å². The minimum absolute atomic E-state index is 0.0301. The van der Waals surface area contributed by atoms with Gasteiger partial charge in [0.15, 0.2) is 0 Å². The van der Waals surface area contributed by atoms with Crippen molar-refractivity contribution in [3.05, 3.63) is 0 Å². The molecular weight excluding hydrogens is 314 g/mol. The third-order valence-corrected chi connectivity index (χ3v) is 5.95. The van der Waals surface area contributed by atoms with Gasteiger partial charge in [0.1, 0.15) is 12.0 Å². The molecule has 1 spiro atoms. The van der Waals surface area contributed by atoms with Crippen LogP contribution in [0.25, 0.3) is 0 Å². The number of amides is 1. The summed E-state index contributed by atoms with van der Waals surface area (Å²) in [5.41, 5.74) is -0.0301. The molecule has 2 unspecified atom stereocenters. The lowest BCUT2D eigenvalue weighted by atomic mass is 9.76. The monoisotopic (exact) mass is 347 g/mol. The van der Waals surface area contributed by atoms with E-state index in [0.717, 1.165) is 44.0 Å². The first kappa shape index (κ1) is 18.2. The largest absolute Gasteiger partial charge is 0.347 e. The first-order chi connectivity index (χ1) is 12.0. The molecule has 6 nitrogen and oxygen atoms in total. The van der Waals surface area contributed by atoms with E-state index >= 15 is 0 Å². The number of aliphatic imine (C=N–C) groups is 2. The highest BCUT2D eigenvalue weighted by atomic mass is 16.2. The molecule has 2 aliphatic heterocycles. The number of fused-ring (bicyclic) bond motifs is 2. The van der Waals surface area contributed by atoms with Crippen LogP contribution in [0.4, 0.5) is 0 Å². The molecule has 3 rings (SSSR count). The molecule has 2 atom stereocenters. The number of carbonyl (C=O) groups excluding carboxylic acids is 1. The van der Waals surface area contributed by atoms with Crippen LogP contribution in [-0.4, -0.2) is 59.8 Å². The highest BCUT2D eigenvalue weighted by molar-refractivity contribution is 5.99. The zero-order valence-electron chi connectivity index (χ0n) is 16.2. The summed E-state index contributed by atoms with van der Waals surface area (Å²) >= 11 is 0. The Morgan fingerprint density at radius 3 is 2.60 bits per heavy atom. The third-order valence-electron chi connectivity index (χ3n) is 5.95. The van der Waals surface area contributed by atoms with E-state index in [1.807, 2.05) is 25.9 Å². The SMILES string of the molecule is CCN=C(N=C1C(CC)CC2NC(=O)CC3(CCCCC3)N12)N(C)C. The van der Waals surface area contributed by atoms with E-state index in [2.05, 4.69) is 22.1 Å². The second-order valence-corrected chi connectivity index (χ2v) is 7.89. The summed E-state index contributed by atoms with van der Waals surface area (Å²) in [6.07, 6.45) is 8.65. The van der Waals surface area contributed by atoms with Crippen LogP contribution in [0.5, 0.6) is 0 Å². The van der Waals surface area contributed by atoms with Crippen LogP contribution >= 0.6 is 0 Å². The summed E-state index contributed by atoms with van der Waals surface area (Å²) in [6, 6.07) is 0. The molecular formula is C19H33N5O. The van der Waals surface area contributed by atoms with Gasteiger partial charge >= 0.3 is 0 Å². The van der Waals surface area contributed by atoms with Gasteiger partial charge in [-0.25, -0.2) is 0 Å². The summed E-state index contributed by atoms with van der Waals surface area (Å²) < 4.78 is 0. The molecule has 2 saturated heterocycles. The molecule has 6 heteroatoms. The number of nitrogens with zero attached hydrogens (tertiary/aromatic N) is 4. The summed E-state index contributed by atoms with van der Waals surface area (Å²) in [5.74, 6) is 2.55. The third kappa shape index (κ3) is 3.40. The van der Waals surface area contributed by atoms with Crippen LogP contribution in [0.1, 0.15) is 65.2 Å². The summed E-state index contributed by atoms with van der Waals surface area (Å²) in [4.78, 5) is 26.5. The van der Waals surface area contributed by atoms with E-state index < -0.39 is 0 Å². The van der Waals surface area contributed by atoms with Gasteiger partial charge in [0.05, 0.1) is 5.54 Å². The van der Waals surface area contributed by atoms with Crippen molar-refractivity contribution in [1.82, 2.24) is 15.1 Å². The number of carbonyl (C=O) groups is 1. The normalized spacial score (nSPS) is 30.6. The van der Waals surface area contributed by atoms with Gasteiger partial charge in [-0.1, -0.05) is 26.2 Å². The Morgan fingerprint density at radius 1 is 1.28 bits per heavy atom. The first-order valence-electron chi connectivity index (χ1n) is 9.90. The Bertz CT molecular complexity index is 562. The van der Waals surface area contributed by atoms with Crippen LogP contribution in [-0.2, 0) is 4.79 Å². The number of hydrogen-bond acceptors (Lipinski definition) is 2. The van der Waals surface area contributed by atoms with Crippen molar-refractivity contribution in [3.8, 4) is 0 Å². The van der Waals surface area contributed by atoms with Crippen molar-refractivity contribution in [2.75, 3.05) is 20.6 Å². The maximum absolute atomic E-state index is 12.4. The van der Waals surface area contributed by atoms with Crippen molar-refractivity contribution >= 4 is 17.7 Å². The lowest BCUT2D eigenvalue weighted by Gasteiger charge is -2.51. The predicted octanol–water partition coefficient (Wildman–Crippen LogP) is 2.60. The Kier molecular flexibility index (Phi) is 5.35. The van der Waals surface area contributed by atoms with Crippen molar-refractivity contribution in [2.45, 2.75) is 76.9 Å². The van der Waals surface area contributed by atoms with Gasteiger partial charge in [0.25, 0.3) is 0 Å². The highest BCUT2D eigenvalue weighted by Crippen LogP contribution is 2.45. The summed E-state index contributed by atoms with van der Waals surface area (Å²) in [6.45, 7) is 4.99. The molecule has 140 valence electrons. The van der Waals surface area contributed by atoms with Gasteiger partial charge in [0, 0.05) is 33.0 Å². The van der Waals surface area contributed by atoms with E-state index in [4.69, 9.17) is 4.99 Å². The lowest BCUT2D eigenvalue weighted by Crippen LogP contribution is -2.65. The van der Waals surface area contributed by atoms with Crippen molar-refractivity contribution in [2.24, 2.45) is 15.9 Å². The van der Waals surface area contributed by atoms with Gasteiger partial charge in [-0.3, -0.25) is 9.79 Å². The van der Waals surface area contributed by atoms with Crippen molar-refractivity contribution < 1.29 is 4.79 Å². The van der Waals surface area contributed by atoms with Gasteiger partial charge in [-0.05, 0) is 32.6 Å². The number of amidine groups is 1. The zero-order valence-corrected chi connectivity index (χ0v) is 16.2. The van der Waals surface area contributed by atoms with Crippen LogP contribution in [0, 0.1) is 5.92 Å². The van der Waals surface area contributed by atoms with E-state index in [1.54, 1.807) is 0 Å².